The zero-order valence-corrected chi connectivity index (χ0v) is 10.3. The van der Waals surface area contributed by atoms with E-state index in [0.29, 0.717) is 12.0 Å². The van der Waals surface area contributed by atoms with Gasteiger partial charge in [-0.3, -0.25) is 0 Å². The first-order valence-electron chi connectivity index (χ1n) is 6.51. The van der Waals surface area contributed by atoms with Gasteiger partial charge in [-0.1, -0.05) is 0 Å². The predicted octanol–water partition coefficient (Wildman–Crippen LogP) is 1.48. The first-order valence-corrected chi connectivity index (χ1v) is 6.51. The molecule has 0 spiro atoms. The quantitative estimate of drug-likeness (QED) is 0.855. The van der Waals surface area contributed by atoms with Crippen LogP contribution >= 0.6 is 0 Å². The molecule has 2 aliphatic rings. The molecule has 2 fully saturated rings. The van der Waals surface area contributed by atoms with Gasteiger partial charge >= 0.3 is 0 Å². The standard InChI is InChI=1S/C13H19N3O/c1-9-7-15-12(6-10-4-5-14-8-10)16-13(9)17-11-2-3-11/h7,10-11,14H,2-6,8H2,1H3/t10-/m0/s1. The van der Waals surface area contributed by atoms with Crippen LogP contribution in [0.15, 0.2) is 6.20 Å². The first kappa shape index (κ1) is 11.0. The topological polar surface area (TPSA) is 47.0 Å². The Labute approximate surface area is 102 Å². The second-order valence-electron chi connectivity index (χ2n) is 5.15. The molecule has 1 N–H and O–H groups in total. The van der Waals surface area contributed by atoms with Crippen molar-refractivity contribution >= 4 is 0 Å². The lowest BCUT2D eigenvalue weighted by molar-refractivity contribution is 0.286. The summed E-state index contributed by atoms with van der Waals surface area (Å²) in [6, 6.07) is 0. The average molecular weight is 233 g/mol. The maximum atomic E-state index is 5.79. The van der Waals surface area contributed by atoms with Crippen molar-refractivity contribution in [2.75, 3.05) is 13.1 Å². The summed E-state index contributed by atoms with van der Waals surface area (Å²) >= 11 is 0. The summed E-state index contributed by atoms with van der Waals surface area (Å²) < 4.78 is 5.79. The van der Waals surface area contributed by atoms with Crippen LogP contribution in [0.5, 0.6) is 5.88 Å². The lowest BCUT2D eigenvalue weighted by atomic mass is 10.0. The molecule has 0 unspecified atom stereocenters. The number of aromatic nitrogens is 2. The zero-order chi connectivity index (χ0) is 11.7. The maximum absolute atomic E-state index is 5.79. The summed E-state index contributed by atoms with van der Waals surface area (Å²) in [6.45, 7) is 4.23. The Balaban J connectivity index is 1.70. The third kappa shape index (κ3) is 2.75. The molecule has 3 rings (SSSR count). The molecule has 4 nitrogen and oxygen atoms in total. The highest BCUT2D eigenvalue weighted by atomic mass is 16.5. The normalized spacial score (nSPS) is 23.9. The van der Waals surface area contributed by atoms with E-state index in [0.717, 1.165) is 36.8 Å². The molecule has 1 saturated carbocycles. The summed E-state index contributed by atoms with van der Waals surface area (Å²) in [5.74, 6) is 2.41. The van der Waals surface area contributed by atoms with E-state index in [1.54, 1.807) is 0 Å². The fourth-order valence-electron chi connectivity index (χ4n) is 2.17. The molecule has 0 radical (unpaired) electrons. The van der Waals surface area contributed by atoms with Gasteiger partial charge in [-0.05, 0) is 45.2 Å². The van der Waals surface area contributed by atoms with Crippen LogP contribution in [0.1, 0.15) is 30.7 Å². The average Bonchev–Trinajstić information content (AvgIpc) is 2.98. The van der Waals surface area contributed by atoms with E-state index in [1.165, 1.54) is 19.3 Å². The van der Waals surface area contributed by atoms with E-state index in [4.69, 9.17) is 4.74 Å². The van der Waals surface area contributed by atoms with Crippen LogP contribution in [0.2, 0.25) is 0 Å². The summed E-state index contributed by atoms with van der Waals surface area (Å²) in [5, 5.41) is 3.37. The Hall–Kier alpha value is -1.16. The van der Waals surface area contributed by atoms with Gasteiger partial charge in [0.25, 0.3) is 0 Å². The first-order chi connectivity index (χ1) is 8.31. The minimum atomic E-state index is 0.407. The van der Waals surface area contributed by atoms with Gasteiger partial charge in [0.15, 0.2) is 0 Å². The minimum Gasteiger partial charge on any atom is -0.474 e. The predicted molar refractivity (Wildman–Crippen MR) is 65.1 cm³/mol. The summed E-state index contributed by atoms with van der Waals surface area (Å²) in [4.78, 5) is 8.97. The van der Waals surface area contributed by atoms with Crippen LogP contribution in [-0.4, -0.2) is 29.2 Å². The van der Waals surface area contributed by atoms with Gasteiger partial charge in [0.1, 0.15) is 11.9 Å². The Morgan fingerprint density at radius 3 is 3.00 bits per heavy atom. The fraction of sp³-hybridized carbons (Fsp3) is 0.692. The van der Waals surface area contributed by atoms with Crippen LogP contribution < -0.4 is 10.1 Å². The Bertz CT molecular complexity index is 398. The molecule has 2 heterocycles. The van der Waals surface area contributed by atoms with Gasteiger partial charge in [-0.15, -0.1) is 0 Å². The van der Waals surface area contributed by atoms with E-state index in [9.17, 15) is 0 Å². The van der Waals surface area contributed by atoms with Crippen LogP contribution in [0, 0.1) is 12.8 Å². The largest absolute Gasteiger partial charge is 0.474 e. The van der Waals surface area contributed by atoms with Crippen molar-refractivity contribution in [2.45, 2.75) is 38.7 Å². The van der Waals surface area contributed by atoms with Crippen molar-refractivity contribution < 1.29 is 4.74 Å². The highest BCUT2D eigenvalue weighted by Crippen LogP contribution is 2.27. The van der Waals surface area contributed by atoms with Crippen molar-refractivity contribution in [3.8, 4) is 5.88 Å². The van der Waals surface area contributed by atoms with Crippen molar-refractivity contribution in [3.63, 3.8) is 0 Å². The molecule has 1 aliphatic heterocycles. The van der Waals surface area contributed by atoms with E-state index in [2.05, 4.69) is 15.3 Å². The van der Waals surface area contributed by atoms with Gasteiger partial charge in [0.2, 0.25) is 5.88 Å². The number of hydrogen-bond acceptors (Lipinski definition) is 4. The van der Waals surface area contributed by atoms with Crippen LogP contribution in [0.3, 0.4) is 0 Å². The SMILES string of the molecule is Cc1cnc(C[C@@H]2CCNC2)nc1OC1CC1. The summed E-state index contributed by atoms with van der Waals surface area (Å²) in [7, 11) is 0. The molecular weight excluding hydrogens is 214 g/mol. The molecule has 1 aliphatic carbocycles. The van der Waals surface area contributed by atoms with Crippen LogP contribution in [0.25, 0.3) is 0 Å². The number of aryl methyl sites for hydroxylation is 1. The Kier molecular flexibility index (Phi) is 2.97. The molecule has 1 saturated heterocycles. The lowest BCUT2D eigenvalue weighted by Crippen LogP contribution is -2.13. The second kappa shape index (κ2) is 4.61. The van der Waals surface area contributed by atoms with Gasteiger partial charge in [0, 0.05) is 18.2 Å². The van der Waals surface area contributed by atoms with Gasteiger partial charge in [0.05, 0.1) is 0 Å². The molecule has 0 bridgehead atoms. The molecule has 1 aromatic heterocycles. The van der Waals surface area contributed by atoms with Crippen molar-refractivity contribution in [2.24, 2.45) is 5.92 Å². The monoisotopic (exact) mass is 233 g/mol. The van der Waals surface area contributed by atoms with Crippen LogP contribution in [-0.2, 0) is 6.42 Å². The molecule has 0 amide bonds. The molecular formula is C13H19N3O. The van der Waals surface area contributed by atoms with Gasteiger partial charge in [-0.25, -0.2) is 4.98 Å². The van der Waals surface area contributed by atoms with Gasteiger partial charge in [-0.2, -0.15) is 4.98 Å². The molecule has 1 aromatic rings. The zero-order valence-electron chi connectivity index (χ0n) is 10.3. The number of rotatable bonds is 4. The maximum Gasteiger partial charge on any atom is 0.219 e. The van der Waals surface area contributed by atoms with Crippen LogP contribution in [0.4, 0.5) is 0 Å². The minimum absolute atomic E-state index is 0.407. The third-order valence-corrected chi connectivity index (χ3v) is 3.41. The molecule has 1 atom stereocenters. The molecule has 4 heteroatoms. The molecule has 0 aromatic carbocycles. The van der Waals surface area contributed by atoms with Gasteiger partial charge < -0.3 is 10.1 Å². The Morgan fingerprint density at radius 1 is 1.41 bits per heavy atom. The fourth-order valence-corrected chi connectivity index (χ4v) is 2.17. The number of hydrogen-bond donors (Lipinski definition) is 1. The second-order valence-corrected chi connectivity index (χ2v) is 5.15. The number of nitrogens with one attached hydrogen (secondary N) is 1. The third-order valence-electron chi connectivity index (χ3n) is 3.41. The highest BCUT2D eigenvalue weighted by Gasteiger charge is 2.25. The molecule has 92 valence electrons. The summed E-state index contributed by atoms with van der Waals surface area (Å²) in [6.07, 6.45) is 6.84. The summed E-state index contributed by atoms with van der Waals surface area (Å²) in [5.41, 5.74) is 1.05. The Morgan fingerprint density at radius 2 is 2.29 bits per heavy atom. The smallest absolute Gasteiger partial charge is 0.219 e. The van der Waals surface area contributed by atoms with Crippen molar-refractivity contribution in [3.05, 3.63) is 17.6 Å². The lowest BCUT2D eigenvalue weighted by Gasteiger charge is -2.10. The number of ether oxygens (including phenoxy) is 1. The van der Waals surface area contributed by atoms with E-state index >= 15 is 0 Å². The van der Waals surface area contributed by atoms with Crippen molar-refractivity contribution in [1.82, 2.24) is 15.3 Å². The van der Waals surface area contributed by atoms with E-state index in [1.807, 2.05) is 13.1 Å². The molecule has 17 heavy (non-hydrogen) atoms. The number of nitrogens with zero attached hydrogens (tertiary/aromatic N) is 2. The van der Waals surface area contributed by atoms with E-state index < -0.39 is 0 Å². The van der Waals surface area contributed by atoms with E-state index in [-0.39, 0.29) is 0 Å². The van der Waals surface area contributed by atoms with Crippen molar-refractivity contribution in [1.29, 1.82) is 0 Å². The highest BCUT2D eigenvalue weighted by molar-refractivity contribution is 5.22.